The molecule has 2 saturated heterocycles. The van der Waals surface area contributed by atoms with E-state index >= 15 is 0 Å². The highest BCUT2D eigenvalue weighted by atomic mass is 16.6. The summed E-state index contributed by atoms with van der Waals surface area (Å²) in [5, 5.41) is 0. The number of nitrogens with zero attached hydrogens (tertiary/aromatic N) is 1. The highest BCUT2D eigenvalue weighted by Gasteiger charge is 2.83. The third-order valence-electron chi connectivity index (χ3n) is 15.3. The van der Waals surface area contributed by atoms with E-state index in [2.05, 4.69) is 34.6 Å². The monoisotopic (exact) mass is 599 g/mol. The Morgan fingerprint density at radius 2 is 1.58 bits per heavy atom. The summed E-state index contributed by atoms with van der Waals surface area (Å²) in [6.45, 7) is 20.5. The number of morpholine rings is 1. The lowest BCUT2D eigenvalue weighted by atomic mass is 9.41. The number of hydrogen-bond donors (Lipinski definition) is 0. The van der Waals surface area contributed by atoms with Gasteiger partial charge >= 0.3 is 12.1 Å². The molecule has 5 saturated carbocycles. The van der Waals surface area contributed by atoms with Gasteiger partial charge in [0.2, 0.25) is 0 Å². The summed E-state index contributed by atoms with van der Waals surface area (Å²) in [6.07, 6.45) is 10.8. The maximum absolute atomic E-state index is 13.1. The number of fused-ring (bicyclic) bond motifs is 4. The van der Waals surface area contributed by atoms with E-state index in [1.807, 2.05) is 18.7 Å². The molecular weight excluding hydrogens is 542 g/mol. The Labute approximate surface area is 259 Å². The Balaban J connectivity index is 1.12. The van der Waals surface area contributed by atoms with E-state index in [4.69, 9.17) is 18.9 Å². The number of carbonyl (C=O) groups excluding carboxylic acids is 2. The number of amides is 1. The largest absolute Gasteiger partial charge is 0.457 e. The van der Waals surface area contributed by atoms with Crippen LogP contribution in [0, 0.1) is 50.7 Å². The van der Waals surface area contributed by atoms with Crippen molar-refractivity contribution in [2.45, 2.75) is 137 Å². The highest BCUT2D eigenvalue weighted by molar-refractivity contribution is 5.68. The molecule has 1 amide bonds. The van der Waals surface area contributed by atoms with E-state index in [0.717, 1.165) is 25.2 Å². The fourth-order valence-electron chi connectivity index (χ4n) is 13.3. The quantitative estimate of drug-likeness (QED) is 0.325. The molecule has 7 fully saturated rings. The second kappa shape index (κ2) is 9.59. The van der Waals surface area contributed by atoms with Crippen LogP contribution in [0.25, 0.3) is 0 Å². The maximum Gasteiger partial charge on any atom is 0.410 e. The SMILES string of the molecule is CC(=O)OC(C)(C)C1C[C@@H](C)C2C(C[C@@]3(C)C4CCC5C(C)(C)C(OC(=O)N6CCOCC6)CCC56CC46CCC23C)O1. The van der Waals surface area contributed by atoms with Crippen molar-refractivity contribution in [3.05, 3.63) is 0 Å². The van der Waals surface area contributed by atoms with Gasteiger partial charge in [0.25, 0.3) is 0 Å². The van der Waals surface area contributed by atoms with Crippen molar-refractivity contribution < 1.29 is 28.5 Å². The molecule has 2 heterocycles. The zero-order chi connectivity index (χ0) is 30.8. The van der Waals surface area contributed by atoms with Crippen LogP contribution in [0.1, 0.15) is 113 Å². The summed E-state index contributed by atoms with van der Waals surface area (Å²) < 4.78 is 24.6. The minimum atomic E-state index is -0.615. The lowest BCUT2D eigenvalue weighted by Gasteiger charge is -2.63. The van der Waals surface area contributed by atoms with Crippen LogP contribution in [0.2, 0.25) is 0 Å². The van der Waals surface area contributed by atoms with Crippen molar-refractivity contribution in [3.63, 3.8) is 0 Å². The minimum absolute atomic E-state index is 0.0155. The lowest BCUT2D eigenvalue weighted by Crippen LogP contribution is -2.58. The molecule has 2 spiro atoms. The third kappa shape index (κ3) is 4.04. The topological polar surface area (TPSA) is 74.3 Å². The molecule has 2 aliphatic heterocycles. The van der Waals surface area contributed by atoms with E-state index in [-0.39, 0.29) is 46.6 Å². The Bertz CT molecular complexity index is 1160. The fraction of sp³-hybridized carbons (Fsp3) is 0.944. The molecule has 0 radical (unpaired) electrons. The van der Waals surface area contributed by atoms with Crippen molar-refractivity contribution in [2.75, 3.05) is 26.3 Å². The van der Waals surface area contributed by atoms with Crippen molar-refractivity contribution in [3.8, 4) is 0 Å². The zero-order valence-electron chi connectivity index (χ0n) is 28.1. The molecule has 7 heteroatoms. The normalized spacial score (nSPS) is 49.9. The standard InChI is InChI=1S/C36H57NO6/c1-22-19-28(32(5,6)43-23(2)38)41-24-20-34(8)26-10-9-25-31(3,4)27(42-30(39)37-15-17-40-18-16-37)11-12-35(25)21-36(26,35)14-13-33(34,7)29(22)24/h22,24-29H,9-21H2,1-8H3/t22-,24?,25?,26?,27?,28?,29?,33?,34+,35?,36?/m1/s1. The number of rotatable bonds is 3. The molecule has 0 N–H and O–H groups in total. The minimum Gasteiger partial charge on any atom is -0.457 e. The maximum atomic E-state index is 13.1. The summed E-state index contributed by atoms with van der Waals surface area (Å²) in [7, 11) is 0. The van der Waals surface area contributed by atoms with Gasteiger partial charge < -0.3 is 23.8 Å². The molecule has 7 aliphatic rings. The van der Waals surface area contributed by atoms with Gasteiger partial charge in [-0.1, -0.05) is 34.6 Å². The first-order valence-electron chi connectivity index (χ1n) is 17.5. The molecule has 0 bridgehead atoms. The predicted molar refractivity (Wildman–Crippen MR) is 163 cm³/mol. The third-order valence-corrected chi connectivity index (χ3v) is 15.3. The van der Waals surface area contributed by atoms with Gasteiger partial charge in [0.15, 0.2) is 0 Å². The number of carbonyl (C=O) groups is 2. The van der Waals surface area contributed by atoms with Gasteiger partial charge in [-0.05, 0) is 117 Å². The molecule has 5 aliphatic carbocycles. The van der Waals surface area contributed by atoms with Crippen LogP contribution >= 0.6 is 0 Å². The highest BCUT2D eigenvalue weighted by Crippen LogP contribution is 2.89. The number of hydrogen-bond acceptors (Lipinski definition) is 6. The average molecular weight is 600 g/mol. The van der Waals surface area contributed by atoms with Crippen LogP contribution in [-0.4, -0.2) is 67.2 Å². The van der Waals surface area contributed by atoms with Crippen LogP contribution < -0.4 is 0 Å². The molecule has 0 aromatic rings. The summed E-state index contributed by atoms with van der Waals surface area (Å²) in [5.41, 5.74) is 0.691. The summed E-state index contributed by atoms with van der Waals surface area (Å²) in [5.74, 6) is 2.19. The smallest absolute Gasteiger partial charge is 0.410 e. The lowest BCUT2D eigenvalue weighted by molar-refractivity contribution is -0.202. The summed E-state index contributed by atoms with van der Waals surface area (Å²) in [4.78, 5) is 26.9. The molecule has 7 rings (SSSR count). The number of esters is 1. The van der Waals surface area contributed by atoms with Crippen LogP contribution in [0.3, 0.4) is 0 Å². The molecule has 9 unspecified atom stereocenters. The van der Waals surface area contributed by atoms with Gasteiger partial charge in [0.05, 0.1) is 25.4 Å². The van der Waals surface area contributed by atoms with Gasteiger partial charge in [0.1, 0.15) is 11.7 Å². The van der Waals surface area contributed by atoms with Crippen molar-refractivity contribution in [1.82, 2.24) is 4.90 Å². The van der Waals surface area contributed by atoms with Gasteiger partial charge in [0, 0.05) is 25.4 Å². The first-order chi connectivity index (χ1) is 20.1. The Kier molecular flexibility index (Phi) is 6.76. The van der Waals surface area contributed by atoms with E-state index < -0.39 is 5.60 Å². The molecule has 7 nitrogen and oxygen atoms in total. The fourth-order valence-corrected chi connectivity index (χ4v) is 13.3. The molecule has 242 valence electrons. The Morgan fingerprint density at radius 3 is 2.28 bits per heavy atom. The van der Waals surface area contributed by atoms with E-state index in [9.17, 15) is 9.59 Å². The van der Waals surface area contributed by atoms with Crippen molar-refractivity contribution in [1.29, 1.82) is 0 Å². The summed E-state index contributed by atoms with van der Waals surface area (Å²) in [6, 6.07) is 0. The van der Waals surface area contributed by atoms with E-state index in [0.29, 0.717) is 54.9 Å². The first kappa shape index (κ1) is 30.3. The van der Waals surface area contributed by atoms with E-state index in [1.165, 1.54) is 45.4 Å². The summed E-state index contributed by atoms with van der Waals surface area (Å²) >= 11 is 0. The number of ether oxygens (including phenoxy) is 4. The second-order valence-corrected chi connectivity index (χ2v) is 17.6. The molecule has 11 atom stereocenters. The molecule has 0 aromatic carbocycles. The van der Waals surface area contributed by atoms with Crippen LogP contribution in [0.4, 0.5) is 4.79 Å². The van der Waals surface area contributed by atoms with Crippen LogP contribution in [-0.2, 0) is 23.7 Å². The van der Waals surface area contributed by atoms with Crippen LogP contribution in [0.15, 0.2) is 0 Å². The van der Waals surface area contributed by atoms with E-state index in [1.54, 1.807) is 0 Å². The van der Waals surface area contributed by atoms with Gasteiger partial charge in [-0.25, -0.2) is 4.79 Å². The first-order valence-corrected chi connectivity index (χ1v) is 17.5. The Hall–Kier alpha value is -1.34. The second-order valence-electron chi connectivity index (χ2n) is 17.6. The Morgan fingerprint density at radius 1 is 0.907 bits per heavy atom. The van der Waals surface area contributed by atoms with Crippen molar-refractivity contribution >= 4 is 12.1 Å². The van der Waals surface area contributed by atoms with Gasteiger partial charge in [-0.15, -0.1) is 0 Å². The van der Waals surface area contributed by atoms with Crippen molar-refractivity contribution in [2.24, 2.45) is 50.7 Å². The zero-order valence-corrected chi connectivity index (χ0v) is 28.1. The molecule has 0 aromatic heterocycles. The molecule has 43 heavy (non-hydrogen) atoms. The molecular formula is C36H57NO6. The average Bonchev–Trinajstić information content (AvgIpc) is 3.53. The van der Waals surface area contributed by atoms with Gasteiger partial charge in [-0.2, -0.15) is 0 Å². The predicted octanol–water partition coefficient (Wildman–Crippen LogP) is 7.01. The van der Waals surface area contributed by atoms with Crippen LogP contribution in [0.5, 0.6) is 0 Å². The van der Waals surface area contributed by atoms with Gasteiger partial charge in [-0.3, -0.25) is 4.79 Å².